The first kappa shape index (κ1) is 23.7. The summed E-state index contributed by atoms with van der Waals surface area (Å²) in [5.74, 6) is -1.86. The number of carboxylic acid groups (broad SMARTS) is 1. The van der Waals surface area contributed by atoms with Crippen LogP contribution in [0.25, 0.3) is 0 Å². The van der Waals surface area contributed by atoms with Crippen LogP contribution in [0.4, 0.5) is 4.79 Å². The van der Waals surface area contributed by atoms with Crippen LogP contribution in [0, 0.1) is 11.8 Å². The Hall–Kier alpha value is -2.32. The highest BCUT2D eigenvalue weighted by Crippen LogP contribution is 2.28. The lowest BCUT2D eigenvalue weighted by Gasteiger charge is -2.29. The maximum absolute atomic E-state index is 12.1. The summed E-state index contributed by atoms with van der Waals surface area (Å²) in [4.78, 5) is 46.6. The Morgan fingerprint density at radius 2 is 1.57 bits per heavy atom. The third-order valence-electron chi connectivity index (χ3n) is 4.62. The van der Waals surface area contributed by atoms with Gasteiger partial charge in [-0.2, -0.15) is 0 Å². The molecule has 0 unspecified atom stereocenters. The standard InChI is InChI=1S/C19H33N3O6/c1-11(22-18(27)28-19(3,4)5)15(23)20-10-13-6-8-14(9-7-13)16(24)21-12(2)17(25)26/h11-14H,6-10H2,1-5H3,(H,20,23)(H,21,24)(H,22,27)(H,25,26)/p-1/t11-,12-,13?,14?/m1/s1. The minimum atomic E-state index is -1.31. The summed E-state index contributed by atoms with van der Waals surface area (Å²) in [6.45, 7) is 8.65. The van der Waals surface area contributed by atoms with Gasteiger partial charge >= 0.3 is 6.09 Å². The predicted octanol–water partition coefficient (Wildman–Crippen LogP) is 0.0768. The van der Waals surface area contributed by atoms with Crippen LogP contribution < -0.4 is 21.1 Å². The van der Waals surface area contributed by atoms with Crippen LogP contribution in [0.2, 0.25) is 0 Å². The smallest absolute Gasteiger partial charge is 0.408 e. The SMILES string of the molecule is C[C@@H](NC(=O)C1CCC(CNC(=O)[C@@H](C)NC(=O)OC(C)(C)C)CC1)C(=O)[O-]. The second-order valence-corrected chi connectivity index (χ2v) is 8.38. The number of amides is 3. The fraction of sp³-hybridized carbons (Fsp3) is 0.789. The van der Waals surface area contributed by atoms with E-state index in [-0.39, 0.29) is 23.7 Å². The van der Waals surface area contributed by atoms with Crippen molar-refractivity contribution < 1.29 is 29.0 Å². The van der Waals surface area contributed by atoms with E-state index in [2.05, 4.69) is 16.0 Å². The van der Waals surface area contributed by atoms with Gasteiger partial charge in [0.1, 0.15) is 11.6 Å². The quantitative estimate of drug-likeness (QED) is 0.555. The number of aliphatic carboxylic acids is 1. The number of carboxylic acids is 1. The lowest BCUT2D eigenvalue weighted by Crippen LogP contribution is -2.49. The van der Waals surface area contributed by atoms with E-state index in [1.165, 1.54) is 6.92 Å². The molecule has 0 bridgehead atoms. The van der Waals surface area contributed by atoms with E-state index < -0.39 is 29.7 Å². The van der Waals surface area contributed by atoms with Gasteiger partial charge in [0.15, 0.2) is 0 Å². The summed E-state index contributed by atoms with van der Waals surface area (Å²) in [5, 5.41) is 18.5. The lowest BCUT2D eigenvalue weighted by molar-refractivity contribution is -0.307. The van der Waals surface area contributed by atoms with Crippen molar-refractivity contribution in [3.8, 4) is 0 Å². The number of carbonyl (C=O) groups excluding carboxylic acids is 4. The first-order valence-corrected chi connectivity index (χ1v) is 9.67. The van der Waals surface area contributed by atoms with Gasteiger partial charge in [0, 0.05) is 12.5 Å². The van der Waals surface area contributed by atoms with E-state index in [1.54, 1.807) is 27.7 Å². The van der Waals surface area contributed by atoms with Gasteiger partial charge < -0.3 is 30.6 Å². The van der Waals surface area contributed by atoms with Gasteiger partial charge in [-0.25, -0.2) is 4.79 Å². The molecule has 28 heavy (non-hydrogen) atoms. The monoisotopic (exact) mass is 398 g/mol. The largest absolute Gasteiger partial charge is 0.548 e. The molecule has 0 spiro atoms. The number of rotatable bonds is 7. The number of nitrogens with one attached hydrogen (secondary N) is 3. The normalized spacial score (nSPS) is 21.8. The van der Waals surface area contributed by atoms with Gasteiger partial charge in [-0.15, -0.1) is 0 Å². The van der Waals surface area contributed by atoms with Crippen molar-refractivity contribution in [3.63, 3.8) is 0 Å². The van der Waals surface area contributed by atoms with E-state index in [4.69, 9.17) is 4.74 Å². The molecule has 0 aliphatic heterocycles. The highest BCUT2D eigenvalue weighted by Gasteiger charge is 2.28. The average Bonchev–Trinajstić information content (AvgIpc) is 2.57. The zero-order valence-corrected chi connectivity index (χ0v) is 17.3. The minimum absolute atomic E-state index is 0.221. The molecule has 3 amide bonds. The van der Waals surface area contributed by atoms with Crippen molar-refractivity contribution in [2.75, 3.05) is 6.54 Å². The average molecular weight is 398 g/mol. The summed E-state index contributed by atoms with van der Waals surface area (Å²) in [6, 6.07) is -1.73. The van der Waals surface area contributed by atoms with Gasteiger partial charge in [0.2, 0.25) is 11.8 Å². The van der Waals surface area contributed by atoms with Crippen molar-refractivity contribution in [2.24, 2.45) is 11.8 Å². The van der Waals surface area contributed by atoms with Crippen molar-refractivity contribution in [2.45, 2.75) is 78.0 Å². The maximum atomic E-state index is 12.1. The maximum Gasteiger partial charge on any atom is 0.408 e. The van der Waals surface area contributed by atoms with Gasteiger partial charge in [-0.3, -0.25) is 9.59 Å². The third kappa shape index (κ3) is 8.58. The summed E-state index contributed by atoms with van der Waals surface area (Å²) in [6.07, 6.45) is 2.14. The minimum Gasteiger partial charge on any atom is -0.548 e. The first-order valence-electron chi connectivity index (χ1n) is 9.67. The van der Waals surface area contributed by atoms with E-state index in [0.717, 1.165) is 12.8 Å². The number of hydrogen-bond donors (Lipinski definition) is 3. The van der Waals surface area contributed by atoms with E-state index in [1.807, 2.05) is 0 Å². The van der Waals surface area contributed by atoms with E-state index >= 15 is 0 Å². The molecule has 160 valence electrons. The van der Waals surface area contributed by atoms with Gasteiger partial charge in [-0.05, 0) is 66.2 Å². The number of carbonyl (C=O) groups is 4. The summed E-state index contributed by atoms with van der Waals surface area (Å²) < 4.78 is 5.12. The molecule has 0 aromatic carbocycles. The Morgan fingerprint density at radius 3 is 2.07 bits per heavy atom. The summed E-state index contributed by atoms with van der Waals surface area (Å²) >= 11 is 0. The zero-order chi connectivity index (χ0) is 21.5. The molecule has 1 aliphatic rings. The molecule has 2 atom stereocenters. The summed E-state index contributed by atoms with van der Waals surface area (Å²) in [5.41, 5.74) is -0.635. The Bertz CT molecular complexity index is 579. The topological polar surface area (TPSA) is 137 Å². The summed E-state index contributed by atoms with van der Waals surface area (Å²) in [7, 11) is 0. The van der Waals surface area contributed by atoms with E-state index in [9.17, 15) is 24.3 Å². The number of hydrogen-bond acceptors (Lipinski definition) is 6. The molecule has 1 rings (SSSR count). The fourth-order valence-electron chi connectivity index (χ4n) is 2.97. The molecule has 0 aromatic heterocycles. The van der Waals surface area contributed by atoms with Crippen molar-refractivity contribution in [3.05, 3.63) is 0 Å². The molecule has 3 N–H and O–H groups in total. The molecule has 9 heteroatoms. The Morgan fingerprint density at radius 1 is 1.00 bits per heavy atom. The molecule has 0 heterocycles. The fourth-order valence-corrected chi connectivity index (χ4v) is 2.97. The van der Waals surface area contributed by atoms with E-state index in [0.29, 0.717) is 19.4 Å². The second kappa shape index (κ2) is 10.3. The Balaban J connectivity index is 2.32. The third-order valence-corrected chi connectivity index (χ3v) is 4.62. The molecular formula is C19H32N3O6-. The predicted molar refractivity (Wildman–Crippen MR) is 99.9 cm³/mol. The highest BCUT2D eigenvalue weighted by molar-refractivity contribution is 5.85. The van der Waals surface area contributed by atoms with Gasteiger partial charge in [0.25, 0.3) is 0 Å². The molecule has 1 fully saturated rings. The molecule has 0 radical (unpaired) electrons. The second-order valence-electron chi connectivity index (χ2n) is 8.38. The molecule has 1 saturated carbocycles. The molecule has 1 aliphatic carbocycles. The molecular weight excluding hydrogens is 366 g/mol. The van der Waals surface area contributed by atoms with Crippen molar-refractivity contribution >= 4 is 23.9 Å². The van der Waals surface area contributed by atoms with Crippen LogP contribution in [0.15, 0.2) is 0 Å². The van der Waals surface area contributed by atoms with Crippen LogP contribution in [0.5, 0.6) is 0 Å². The Kier molecular flexibility index (Phi) is 8.71. The van der Waals surface area contributed by atoms with Crippen LogP contribution in [0.1, 0.15) is 60.3 Å². The molecule has 0 aromatic rings. The van der Waals surface area contributed by atoms with Crippen LogP contribution in [-0.2, 0) is 19.1 Å². The van der Waals surface area contributed by atoms with Crippen molar-refractivity contribution in [1.82, 2.24) is 16.0 Å². The highest BCUT2D eigenvalue weighted by atomic mass is 16.6. The van der Waals surface area contributed by atoms with Crippen LogP contribution in [0.3, 0.4) is 0 Å². The number of ether oxygens (including phenoxy) is 1. The number of alkyl carbamates (subject to hydrolysis) is 1. The molecule has 9 nitrogen and oxygen atoms in total. The Labute approximate surface area is 166 Å². The van der Waals surface area contributed by atoms with Crippen LogP contribution >= 0.6 is 0 Å². The van der Waals surface area contributed by atoms with Gasteiger partial charge in [0.05, 0.1) is 12.0 Å². The van der Waals surface area contributed by atoms with Gasteiger partial charge in [-0.1, -0.05) is 0 Å². The van der Waals surface area contributed by atoms with Crippen molar-refractivity contribution in [1.29, 1.82) is 0 Å². The van der Waals surface area contributed by atoms with Crippen LogP contribution in [-0.4, -0.2) is 48.1 Å². The lowest BCUT2D eigenvalue weighted by atomic mass is 9.81. The zero-order valence-electron chi connectivity index (χ0n) is 17.3. The molecule has 0 saturated heterocycles. The first-order chi connectivity index (χ1) is 12.9.